The third-order valence-electron chi connectivity index (χ3n) is 4.84. The number of nitrogens with one attached hydrogen (secondary N) is 2. The molecule has 1 heterocycles. The van der Waals surface area contributed by atoms with Gasteiger partial charge < -0.3 is 15.1 Å². The van der Waals surface area contributed by atoms with E-state index in [0.717, 1.165) is 17.7 Å². The average Bonchev–Trinajstić information content (AvgIpc) is 3.24. The van der Waals surface area contributed by atoms with Gasteiger partial charge >= 0.3 is 0 Å². The van der Waals surface area contributed by atoms with Gasteiger partial charge in [-0.15, -0.1) is 0 Å². The van der Waals surface area contributed by atoms with Crippen LogP contribution in [0.2, 0.25) is 0 Å². The van der Waals surface area contributed by atoms with E-state index in [0.29, 0.717) is 17.2 Å². The fourth-order valence-corrected chi connectivity index (χ4v) is 2.82. The lowest BCUT2D eigenvalue weighted by atomic mass is 9.98. The summed E-state index contributed by atoms with van der Waals surface area (Å²) in [5.41, 5.74) is 3.87. The van der Waals surface area contributed by atoms with Crippen molar-refractivity contribution in [1.29, 1.82) is 0 Å². The van der Waals surface area contributed by atoms with Crippen molar-refractivity contribution in [2.45, 2.75) is 33.1 Å². The molecule has 0 fully saturated rings. The largest absolute Gasteiger partial charge is 0.459 e. The monoisotopic (exact) mass is 376 g/mol. The van der Waals surface area contributed by atoms with E-state index in [-0.39, 0.29) is 17.6 Å². The Morgan fingerprint density at radius 3 is 2.39 bits per heavy atom. The predicted molar refractivity (Wildman–Crippen MR) is 111 cm³/mol. The van der Waals surface area contributed by atoms with Crippen molar-refractivity contribution in [2.75, 3.05) is 10.6 Å². The van der Waals surface area contributed by atoms with Crippen LogP contribution in [0.25, 0.3) is 0 Å². The maximum atomic E-state index is 12.6. The first-order valence-corrected chi connectivity index (χ1v) is 9.34. The molecule has 2 aromatic carbocycles. The summed E-state index contributed by atoms with van der Waals surface area (Å²) in [6.07, 6.45) is 2.51. The summed E-state index contributed by atoms with van der Waals surface area (Å²) < 4.78 is 5.11. The number of carbonyl (C=O) groups excluding carboxylic acids is 2. The Labute approximate surface area is 164 Å². The topological polar surface area (TPSA) is 71.3 Å². The number of benzene rings is 2. The van der Waals surface area contributed by atoms with Crippen molar-refractivity contribution >= 4 is 23.2 Å². The van der Waals surface area contributed by atoms with Gasteiger partial charge in [-0.3, -0.25) is 9.59 Å². The van der Waals surface area contributed by atoms with E-state index in [9.17, 15) is 9.59 Å². The molecule has 2 N–H and O–H groups in total. The number of carbonyl (C=O) groups is 2. The lowest BCUT2D eigenvalue weighted by molar-refractivity contribution is 0.0993. The van der Waals surface area contributed by atoms with Gasteiger partial charge in [-0.1, -0.05) is 32.0 Å². The molecule has 28 heavy (non-hydrogen) atoms. The molecule has 5 nitrogen and oxygen atoms in total. The molecular weight excluding hydrogens is 352 g/mol. The Kier molecular flexibility index (Phi) is 5.94. The van der Waals surface area contributed by atoms with E-state index in [1.807, 2.05) is 31.2 Å². The first-order chi connectivity index (χ1) is 13.5. The molecule has 3 rings (SSSR count). The van der Waals surface area contributed by atoms with E-state index >= 15 is 0 Å². The third-order valence-corrected chi connectivity index (χ3v) is 4.84. The number of hydrogen-bond donors (Lipinski definition) is 2. The molecule has 1 atom stereocenters. The van der Waals surface area contributed by atoms with Crippen LogP contribution < -0.4 is 10.6 Å². The fraction of sp³-hybridized carbons (Fsp3) is 0.217. The zero-order valence-electron chi connectivity index (χ0n) is 16.3. The predicted octanol–water partition coefficient (Wildman–Crippen LogP) is 5.61. The number of anilines is 2. The van der Waals surface area contributed by atoms with Gasteiger partial charge in [-0.2, -0.15) is 0 Å². The van der Waals surface area contributed by atoms with E-state index in [1.165, 1.54) is 11.8 Å². The van der Waals surface area contributed by atoms with Crippen LogP contribution in [0.4, 0.5) is 11.4 Å². The van der Waals surface area contributed by atoms with Crippen LogP contribution in [0.3, 0.4) is 0 Å². The van der Waals surface area contributed by atoms with Crippen molar-refractivity contribution in [3.63, 3.8) is 0 Å². The van der Waals surface area contributed by atoms with Crippen molar-refractivity contribution in [2.24, 2.45) is 0 Å². The van der Waals surface area contributed by atoms with Crippen LogP contribution in [-0.4, -0.2) is 11.8 Å². The standard InChI is InChI=1S/C23H24N2O3/c1-4-15(2)17-9-11-19(12-10-17)24-22(26)18-8-7-16(3)20(14-18)25-23(27)21-6-5-13-28-21/h5-15H,4H2,1-3H3,(H,24,26)(H,25,27). The Hall–Kier alpha value is -3.34. The smallest absolute Gasteiger partial charge is 0.291 e. The first-order valence-electron chi connectivity index (χ1n) is 9.34. The minimum absolute atomic E-state index is 0.218. The highest BCUT2D eigenvalue weighted by Crippen LogP contribution is 2.22. The third kappa shape index (κ3) is 4.49. The summed E-state index contributed by atoms with van der Waals surface area (Å²) in [6, 6.07) is 16.3. The Bertz CT molecular complexity index is 960. The highest BCUT2D eigenvalue weighted by Gasteiger charge is 2.13. The molecule has 0 saturated carbocycles. The molecule has 0 aliphatic heterocycles. The van der Waals surface area contributed by atoms with Crippen LogP contribution in [0.15, 0.2) is 65.3 Å². The average molecular weight is 376 g/mol. The molecule has 3 aromatic rings. The minimum atomic E-state index is -0.355. The lowest BCUT2D eigenvalue weighted by Gasteiger charge is -2.12. The number of rotatable bonds is 6. The number of aryl methyl sites for hydroxylation is 1. The molecule has 0 aliphatic rings. The molecule has 0 spiro atoms. The number of furan rings is 1. The maximum Gasteiger partial charge on any atom is 0.291 e. The van der Waals surface area contributed by atoms with E-state index in [1.54, 1.807) is 30.3 Å². The van der Waals surface area contributed by atoms with Gasteiger partial charge in [-0.05, 0) is 66.8 Å². The van der Waals surface area contributed by atoms with E-state index in [2.05, 4.69) is 24.5 Å². The highest BCUT2D eigenvalue weighted by molar-refractivity contribution is 6.07. The van der Waals surface area contributed by atoms with Crippen molar-refractivity contribution < 1.29 is 14.0 Å². The summed E-state index contributed by atoms with van der Waals surface area (Å²) in [7, 11) is 0. The van der Waals surface area contributed by atoms with Gasteiger partial charge in [0.2, 0.25) is 0 Å². The van der Waals surface area contributed by atoms with Crippen LogP contribution in [-0.2, 0) is 0 Å². The highest BCUT2D eigenvalue weighted by atomic mass is 16.3. The first kappa shape index (κ1) is 19.4. The van der Waals surface area contributed by atoms with Crippen molar-refractivity contribution in [1.82, 2.24) is 0 Å². The van der Waals surface area contributed by atoms with Crippen molar-refractivity contribution in [3.8, 4) is 0 Å². The van der Waals surface area contributed by atoms with E-state index < -0.39 is 0 Å². The quantitative estimate of drug-likeness (QED) is 0.588. The molecule has 2 amide bonds. The van der Waals surface area contributed by atoms with Crippen LogP contribution in [0.1, 0.15) is 58.2 Å². The van der Waals surface area contributed by atoms with Crippen LogP contribution in [0.5, 0.6) is 0 Å². The van der Waals surface area contributed by atoms with Gasteiger partial charge in [-0.25, -0.2) is 0 Å². The molecule has 144 valence electrons. The second-order valence-corrected chi connectivity index (χ2v) is 6.85. The van der Waals surface area contributed by atoms with Gasteiger partial charge in [0.25, 0.3) is 11.8 Å². The molecule has 0 aliphatic carbocycles. The van der Waals surface area contributed by atoms with Crippen molar-refractivity contribution in [3.05, 3.63) is 83.3 Å². The molecule has 5 heteroatoms. The summed E-state index contributed by atoms with van der Waals surface area (Å²) in [4.78, 5) is 24.8. The second kappa shape index (κ2) is 8.57. The van der Waals surface area contributed by atoms with E-state index in [4.69, 9.17) is 4.42 Å². The molecule has 0 bridgehead atoms. The Morgan fingerprint density at radius 2 is 1.75 bits per heavy atom. The normalized spacial score (nSPS) is 11.7. The summed E-state index contributed by atoms with van der Waals surface area (Å²) in [5, 5.41) is 5.69. The molecule has 0 saturated heterocycles. The fourth-order valence-electron chi connectivity index (χ4n) is 2.82. The maximum absolute atomic E-state index is 12.6. The minimum Gasteiger partial charge on any atom is -0.459 e. The van der Waals surface area contributed by atoms with Gasteiger partial charge in [0, 0.05) is 16.9 Å². The molecule has 1 unspecified atom stereocenters. The summed E-state index contributed by atoms with van der Waals surface area (Å²) in [5.74, 6) is 0.119. The molecular formula is C23H24N2O3. The lowest BCUT2D eigenvalue weighted by Crippen LogP contribution is -2.15. The van der Waals surface area contributed by atoms with Crippen LogP contribution in [0, 0.1) is 6.92 Å². The zero-order chi connectivity index (χ0) is 20.1. The van der Waals surface area contributed by atoms with Gasteiger partial charge in [0.15, 0.2) is 5.76 Å². The van der Waals surface area contributed by atoms with Gasteiger partial charge in [0.1, 0.15) is 0 Å². The van der Waals surface area contributed by atoms with Gasteiger partial charge in [0.05, 0.1) is 6.26 Å². The molecule has 0 radical (unpaired) electrons. The van der Waals surface area contributed by atoms with Crippen LogP contribution >= 0.6 is 0 Å². The summed E-state index contributed by atoms with van der Waals surface area (Å²) >= 11 is 0. The Morgan fingerprint density at radius 1 is 1.00 bits per heavy atom. The second-order valence-electron chi connectivity index (χ2n) is 6.85. The summed E-state index contributed by atoms with van der Waals surface area (Å²) in [6.45, 7) is 6.20. The number of amides is 2. The number of hydrogen-bond acceptors (Lipinski definition) is 3. The zero-order valence-corrected chi connectivity index (χ0v) is 16.3. The SMILES string of the molecule is CCC(C)c1ccc(NC(=O)c2ccc(C)c(NC(=O)c3ccco3)c2)cc1. The molecule has 1 aromatic heterocycles. The Balaban J connectivity index is 1.72.